The predicted molar refractivity (Wildman–Crippen MR) is 182 cm³/mol. The molecule has 14 heteroatoms. The predicted octanol–water partition coefficient (Wildman–Crippen LogP) is 5.09. The zero-order valence-corrected chi connectivity index (χ0v) is 28.4. The van der Waals surface area contributed by atoms with Crippen molar-refractivity contribution in [3.63, 3.8) is 0 Å². The van der Waals surface area contributed by atoms with Crippen LogP contribution in [0.3, 0.4) is 0 Å². The van der Waals surface area contributed by atoms with Crippen molar-refractivity contribution in [3.8, 4) is 28.4 Å². The first-order chi connectivity index (χ1) is 21.5. The number of benzene rings is 3. The van der Waals surface area contributed by atoms with Crippen molar-refractivity contribution < 1.29 is 27.4 Å². The fraction of sp³-hybridized carbons (Fsp3) is 0.290. The maximum absolute atomic E-state index is 13.4. The zero-order chi connectivity index (χ0) is 32.2. The zero-order valence-electron chi connectivity index (χ0n) is 25.0. The number of carbonyl (C=O) groups is 1. The Balaban J connectivity index is 1.41. The van der Waals surface area contributed by atoms with Crippen molar-refractivity contribution in [1.82, 2.24) is 14.5 Å². The Kier molecular flexibility index (Phi) is 10.5. The van der Waals surface area contributed by atoms with E-state index in [4.69, 9.17) is 43.4 Å². The molecule has 0 radical (unpaired) electrons. The van der Waals surface area contributed by atoms with Crippen molar-refractivity contribution in [2.24, 2.45) is 5.14 Å². The van der Waals surface area contributed by atoms with Crippen LogP contribution in [-0.4, -0.2) is 61.7 Å². The minimum Gasteiger partial charge on any atom is -0.493 e. The van der Waals surface area contributed by atoms with Crippen LogP contribution in [-0.2, 0) is 26.6 Å². The molecule has 0 amide bonds. The maximum atomic E-state index is 13.4. The van der Waals surface area contributed by atoms with Crippen LogP contribution in [0.15, 0.2) is 77.7 Å². The number of hydrogen-bond acceptors (Lipinski definition) is 8. The molecule has 238 valence electrons. The van der Waals surface area contributed by atoms with Gasteiger partial charge in [0.1, 0.15) is 17.1 Å². The van der Waals surface area contributed by atoms with E-state index in [1.807, 2.05) is 25.1 Å². The molecular weight excluding hydrogens is 652 g/mol. The normalized spacial score (nSPS) is 15.4. The number of nitrogens with two attached hydrogens (primary N) is 1. The lowest BCUT2D eigenvalue weighted by molar-refractivity contribution is 0.0730. The van der Waals surface area contributed by atoms with E-state index in [1.165, 1.54) is 12.1 Å². The topological polar surface area (TPSA) is 126 Å². The highest BCUT2D eigenvalue weighted by atomic mass is 32.9. The molecule has 0 spiro atoms. The van der Waals surface area contributed by atoms with Crippen LogP contribution in [0.4, 0.5) is 0 Å². The Bertz CT molecular complexity index is 1820. The van der Waals surface area contributed by atoms with Gasteiger partial charge in [-0.25, -0.2) is 23.0 Å². The van der Waals surface area contributed by atoms with Gasteiger partial charge < -0.3 is 14.2 Å². The van der Waals surface area contributed by atoms with Gasteiger partial charge in [-0.2, -0.15) is 5.10 Å². The molecule has 3 aromatic carbocycles. The number of rotatable bonds is 11. The highest BCUT2D eigenvalue weighted by Gasteiger charge is 2.26. The number of aromatic nitrogens is 2. The van der Waals surface area contributed by atoms with E-state index in [-0.39, 0.29) is 10.5 Å². The SMILES string of the molecule is CCCCOc1cc(-c2cc(C)nn2-c2ccc(S(N)(=O)=O)cc2)ccc1C(=O)Oc1ccc(P(=S)(S)N2CCOCC2)cc1. The van der Waals surface area contributed by atoms with Gasteiger partial charge >= 0.3 is 5.97 Å². The van der Waals surface area contributed by atoms with E-state index >= 15 is 0 Å². The van der Waals surface area contributed by atoms with Crippen LogP contribution >= 0.6 is 17.6 Å². The quantitative estimate of drug-likeness (QED) is 0.0730. The van der Waals surface area contributed by atoms with Crippen molar-refractivity contribution >= 4 is 50.7 Å². The smallest absolute Gasteiger partial charge is 0.347 e. The number of carbonyl (C=O) groups excluding carboxylic acids is 1. The third-order valence-electron chi connectivity index (χ3n) is 7.25. The third kappa shape index (κ3) is 7.86. The van der Waals surface area contributed by atoms with Gasteiger partial charge in [-0.05, 0) is 80.1 Å². The molecule has 45 heavy (non-hydrogen) atoms. The van der Waals surface area contributed by atoms with E-state index in [0.717, 1.165) is 48.2 Å². The van der Waals surface area contributed by atoms with Crippen LogP contribution in [0.2, 0.25) is 0 Å². The average molecular weight is 687 g/mol. The van der Waals surface area contributed by atoms with E-state index < -0.39 is 21.4 Å². The van der Waals surface area contributed by atoms with Crippen LogP contribution in [0.25, 0.3) is 16.9 Å². The van der Waals surface area contributed by atoms with E-state index in [2.05, 4.69) is 16.7 Å². The van der Waals surface area contributed by atoms with Gasteiger partial charge in [-0.15, -0.1) is 12.2 Å². The summed E-state index contributed by atoms with van der Waals surface area (Å²) >= 11 is 10.8. The monoisotopic (exact) mass is 686 g/mol. The molecule has 10 nitrogen and oxygen atoms in total. The number of hydrogen-bond donors (Lipinski definition) is 2. The Morgan fingerprint density at radius 1 is 1.07 bits per heavy atom. The second kappa shape index (κ2) is 14.2. The van der Waals surface area contributed by atoms with Crippen molar-refractivity contribution in [1.29, 1.82) is 0 Å². The minimum absolute atomic E-state index is 0.00800. The molecule has 1 atom stereocenters. The molecule has 5 rings (SSSR count). The fourth-order valence-electron chi connectivity index (χ4n) is 4.83. The summed E-state index contributed by atoms with van der Waals surface area (Å²) in [6.07, 6.45) is 1.74. The molecule has 0 bridgehead atoms. The molecule has 4 aromatic rings. The minimum atomic E-state index is -3.83. The molecule has 1 aromatic heterocycles. The lowest BCUT2D eigenvalue weighted by atomic mass is 10.1. The molecule has 0 aliphatic carbocycles. The van der Waals surface area contributed by atoms with Crippen LogP contribution < -0.4 is 19.9 Å². The lowest BCUT2D eigenvalue weighted by Gasteiger charge is -2.34. The number of ether oxygens (including phenoxy) is 3. The highest BCUT2D eigenvalue weighted by molar-refractivity contribution is 8.65. The number of unbranched alkanes of at least 4 members (excludes halogenated alkanes) is 1. The summed E-state index contributed by atoms with van der Waals surface area (Å²) in [6, 6.07) is 20.5. The summed E-state index contributed by atoms with van der Waals surface area (Å²) in [5, 5.41) is 8.54. The largest absolute Gasteiger partial charge is 0.493 e. The molecule has 1 saturated heterocycles. The van der Waals surface area contributed by atoms with Crippen LogP contribution in [0.5, 0.6) is 11.5 Å². The first kappa shape index (κ1) is 33.3. The molecule has 2 N–H and O–H groups in total. The highest BCUT2D eigenvalue weighted by Crippen LogP contribution is 2.53. The summed E-state index contributed by atoms with van der Waals surface area (Å²) in [5.74, 6) is 0.215. The van der Waals surface area contributed by atoms with Gasteiger partial charge in [0.15, 0.2) is 0 Å². The Morgan fingerprint density at radius 2 is 1.76 bits per heavy atom. The molecule has 1 fully saturated rings. The molecule has 2 heterocycles. The maximum Gasteiger partial charge on any atom is 0.347 e. The summed E-state index contributed by atoms with van der Waals surface area (Å²) in [7, 11) is -3.83. The Labute approximate surface area is 273 Å². The number of sulfonamides is 1. The Morgan fingerprint density at radius 3 is 2.40 bits per heavy atom. The Hall–Kier alpha value is -3.03. The summed E-state index contributed by atoms with van der Waals surface area (Å²) in [5.41, 5.74) is 3.16. The number of nitrogens with zero attached hydrogens (tertiary/aromatic N) is 3. The van der Waals surface area contributed by atoms with E-state index in [9.17, 15) is 13.2 Å². The van der Waals surface area contributed by atoms with Gasteiger partial charge in [0, 0.05) is 24.0 Å². The number of aryl methyl sites for hydroxylation is 1. The van der Waals surface area contributed by atoms with E-state index in [1.54, 1.807) is 47.1 Å². The number of morpholine rings is 1. The van der Waals surface area contributed by atoms with Crippen molar-refractivity contribution in [2.45, 2.75) is 31.6 Å². The van der Waals surface area contributed by atoms with Gasteiger partial charge in [-0.1, -0.05) is 31.2 Å². The molecule has 1 unspecified atom stereocenters. The van der Waals surface area contributed by atoms with Crippen molar-refractivity contribution in [2.75, 3.05) is 32.9 Å². The average Bonchev–Trinajstić information content (AvgIpc) is 3.43. The standard InChI is InChI=1S/C31H35N4O6PS3/c1-3-4-17-40-30-21-23(29-20-22(2)33-35(29)24-6-12-27(13-7-24)45(32,37)38)5-14-28(30)31(36)41-25-8-10-26(11-9-25)42(43,44)34-15-18-39-19-16-34/h5-14,20-21H,3-4,15-19H2,1-2H3,(H,43,44)(H2,32,37,38). The van der Waals surface area contributed by atoms with E-state index in [0.29, 0.717) is 37.0 Å². The number of primary sulfonamides is 1. The first-order valence-corrected chi connectivity index (χ1v) is 19.9. The molecular formula is C31H35N4O6PS3. The van der Waals surface area contributed by atoms with Gasteiger partial charge in [-0.3, -0.25) is 4.67 Å². The van der Waals surface area contributed by atoms with Gasteiger partial charge in [0.05, 0.1) is 47.2 Å². The second-order valence-corrected chi connectivity index (χ2v) is 18.4. The summed E-state index contributed by atoms with van der Waals surface area (Å²) in [6.45, 7) is 7.08. The molecule has 1 aliphatic rings. The molecule has 0 saturated carbocycles. The lowest BCUT2D eigenvalue weighted by Crippen LogP contribution is -2.35. The van der Waals surface area contributed by atoms with Gasteiger partial charge in [0.25, 0.3) is 0 Å². The van der Waals surface area contributed by atoms with Crippen LogP contribution in [0.1, 0.15) is 35.8 Å². The van der Waals surface area contributed by atoms with Gasteiger partial charge in [0.2, 0.25) is 10.0 Å². The summed E-state index contributed by atoms with van der Waals surface area (Å²) < 4.78 is 44.6. The van der Waals surface area contributed by atoms with Crippen LogP contribution in [0, 0.1) is 6.92 Å². The number of esters is 1. The first-order valence-electron chi connectivity index (χ1n) is 14.4. The molecule has 1 aliphatic heterocycles. The van der Waals surface area contributed by atoms with Crippen molar-refractivity contribution in [3.05, 3.63) is 84.1 Å². The number of thiol groups is 1. The summed E-state index contributed by atoms with van der Waals surface area (Å²) in [4.78, 5) is 13.4. The third-order valence-corrected chi connectivity index (χ3v) is 13.1. The second-order valence-electron chi connectivity index (χ2n) is 10.5. The fourth-order valence-corrected chi connectivity index (χ4v) is 8.71.